The van der Waals surface area contributed by atoms with Crippen molar-refractivity contribution < 1.29 is 27.2 Å². The molecule has 0 aliphatic carbocycles. The van der Waals surface area contributed by atoms with E-state index in [-0.39, 0.29) is 12.1 Å². The molecule has 2 heterocycles. The van der Waals surface area contributed by atoms with Crippen molar-refractivity contribution in [3.63, 3.8) is 0 Å². The highest BCUT2D eigenvalue weighted by molar-refractivity contribution is 8.01. The summed E-state index contributed by atoms with van der Waals surface area (Å²) in [4.78, 5) is 29.3. The van der Waals surface area contributed by atoms with E-state index in [1.165, 1.54) is 6.07 Å². The molecule has 2 aromatic carbocycles. The maximum absolute atomic E-state index is 12.8. The molecule has 0 radical (unpaired) electrons. The van der Waals surface area contributed by atoms with Crippen molar-refractivity contribution in [3.05, 3.63) is 47.9 Å². The van der Waals surface area contributed by atoms with Gasteiger partial charge in [0, 0.05) is 30.0 Å². The minimum Gasteiger partial charge on any atom is -0.441 e. The monoisotopic (exact) mass is 421 g/mol. The summed E-state index contributed by atoms with van der Waals surface area (Å²) >= 11 is 1.06. The zero-order valence-electron chi connectivity index (χ0n) is 15.0. The molecule has 0 fully saturated rings. The number of aryl methyl sites for hydroxylation is 1. The number of nitrogens with zero attached hydrogens (tertiary/aromatic N) is 1. The number of alkyl halides is 3. The largest absolute Gasteiger partial charge is 0.441 e. The molecule has 0 saturated heterocycles. The van der Waals surface area contributed by atoms with E-state index in [1.807, 2.05) is 0 Å². The zero-order chi connectivity index (χ0) is 20.8. The molecule has 10 heteroatoms. The van der Waals surface area contributed by atoms with Crippen LogP contribution in [0.25, 0.3) is 11.1 Å². The Kier molecular flexibility index (Phi) is 4.73. The topological polar surface area (TPSA) is 84.2 Å². The Morgan fingerprint density at radius 1 is 1.28 bits per heavy atom. The fraction of sp³-hybridized carbons (Fsp3) is 0.211. The normalized spacial score (nSPS) is 16.4. The third kappa shape index (κ3) is 4.07. The summed E-state index contributed by atoms with van der Waals surface area (Å²) in [7, 11) is 0. The van der Waals surface area contributed by atoms with Crippen molar-refractivity contribution in [1.82, 2.24) is 4.98 Å². The maximum atomic E-state index is 12.8. The number of carbonyl (C=O) groups is 2. The number of amides is 2. The lowest BCUT2D eigenvalue weighted by Crippen LogP contribution is -2.32. The molecule has 0 spiro atoms. The first kappa shape index (κ1) is 19.3. The van der Waals surface area contributed by atoms with Gasteiger partial charge in [-0.05, 0) is 30.3 Å². The summed E-state index contributed by atoms with van der Waals surface area (Å²) in [5, 5.41) is 4.40. The Hall–Kier alpha value is -3.01. The van der Waals surface area contributed by atoms with Gasteiger partial charge in [0.2, 0.25) is 11.8 Å². The number of hydrogen-bond donors (Lipinski definition) is 2. The van der Waals surface area contributed by atoms with E-state index in [9.17, 15) is 22.8 Å². The number of benzene rings is 2. The summed E-state index contributed by atoms with van der Waals surface area (Å²) in [6.07, 6.45) is -4.63. The molecule has 1 aliphatic heterocycles. The number of oxazole rings is 1. The highest BCUT2D eigenvalue weighted by Crippen LogP contribution is 2.40. The number of hydrogen-bond acceptors (Lipinski definition) is 5. The second kappa shape index (κ2) is 7.11. The van der Waals surface area contributed by atoms with E-state index < -0.39 is 28.8 Å². The maximum Gasteiger partial charge on any atom is 0.416 e. The van der Waals surface area contributed by atoms with Crippen LogP contribution < -0.4 is 10.6 Å². The first-order valence-electron chi connectivity index (χ1n) is 8.55. The third-order valence-electron chi connectivity index (χ3n) is 4.28. The molecule has 1 atom stereocenters. The second-order valence-electron chi connectivity index (χ2n) is 6.47. The second-order valence-corrected chi connectivity index (χ2v) is 7.72. The molecule has 3 aromatic rings. The van der Waals surface area contributed by atoms with Gasteiger partial charge >= 0.3 is 6.18 Å². The van der Waals surface area contributed by atoms with E-state index in [0.717, 1.165) is 23.9 Å². The van der Waals surface area contributed by atoms with E-state index in [4.69, 9.17) is 4.42 Å². The standard InChI is InChI=1S/C19H14F3N3O3S/c1-9-23-12-4-3-11(7-14(12)28-9)24-17(26)8-16-18(27)25-13-6-10(19(20,21)22)2-5-15(13)29-16/h2-7,16H,8H2,1H3,(H,24,26)(H,25,27)/t16-/m1/s1. The number of nitrogens with one attached hydrogen (secondary N) is 2. The molecule has 0 bridgehead atoms. The quantitative estimate of drug-likeness (QED) is 0.646. The third-order valence-corrected chi connectivity index (χ3v) is 5.55. The van der Waals surface area contributed by atoms with E-state index in [2.05, 4.69) is 15.6 Å². The predicted molar refractivity (Wildman–Crippen MR) is 102 cm³/mol. The number of thioether (sulfide) groups is 1. The Morgan fingerprint density at radius 3 is 2.83 bits per heavy atom. The minimum atomic E-state index is -4.50. The van der Waals surface area contributed by atoms with Gasteiger partial charge in [-0.3, -0.25) is 9.59 Å². The number of fused-ring (bicyclic) bond motifs is 2. The van der Waals surface area contributed by atoms with Crippen LogP contribution in [0.2, 0.25) is 0 Å². The summed E-state index contributed by atoms with van der Waals surface area (Å²) in [6.45, 7) is 1.71. The van der Waals surface area contributed by atoms with Crippen molar-refractivity contribution in [1.29, 1.82) is 0 Å². The van der Waals surface area contributed by atoms with E-state index in [0.29, 0.717) is 27.6 Å². The van der Waals surface area contributed by atoms with Gasteiger partial charge < -0.3 is 15.1 Å². The number of halogens is 3. The Labute approximate surface area is 166 Å². The van der Waals surface area contributed by atoms with Crippen LogP contribution in [0.15, 0.2) is 45.7 Å². The first-order valence-corrected chi connectivity index (χ1v) is 9.43. The van der Waals surface area contributed by atoms with Gasteiger partial charge in [-0.1, -0.05) is 0 Å². The van der Waals surface area contributed by atoms with Gasteiger partial charge in [-0.15, -0.1) is 11.8 Å². The zero-order valence-corrected chi connectivity index (χ0v) is 15.8. The Bertz CT molecular complexity index is 1130. The molecule has 2 amide bonds. The summed E-state index contributed by atoms with van der Waals surface area (Å²) in [5.74, 6) is -0.409. The van der Waals surface area contributed by atoms with Gasteiger partial charge in [0.05, 0.1) is 16.5 Å². The van der Waals surface area contributed by atoms with Crippen LogP contribution in [0.3, 0.4) is 0 Å². The van der Waals surface area contributed by atoms with Crippen LogP contribution in [0.1, 0.15) is 17.9 Å². The molecule has 0 saturated carbocycles. The lowest BCUT2D eigenvalue weighted by molar-refractivity contribution is -0.137. The SMILES string of the molecule is Cc1nc2ccc(NC(=O)C[C@H]3Sc4ccc(C(F)(F)F)cc4NC3=O)cc2o1. The predicted octanol–water partition coefficient (Wildman–Crippen LogP) is 4.60. The van der Waals surface area contributed by atoms with Crippen LogP contribution in [-0.4, -0.2) is 22.0 Å². The molecule has 4 rings (SSSR count). The fourth-order valence-electron chi connectivity index (χ4n) is 2.96. The lowest BCUT2D eigenvalue weighted by Gasteiger charge is -2.24. The van der Waals surface area contributed by atoms with Crippen LogP contribution in [0.4, 0.5) is 24.5 Å². The molecule has 2 N–H and O–H groups in total. The number of carbonyl (C=O) groups excluding carboxylic acids is 2. The number of rotatable bonds is 3. The molecule has 29 heavy (non-hydrogen) atoms. The van der Waals surface area contributed by atoms with Gasteiger partial charge in [-0.2, -0.15) is 13.2 Å². The van der Waals surface area contributed by atoms with Crippen LogP contribution in [0.5, 0.6) is 0 Å². The van der Waals surface area contributed by atoms with Gasteiger partial charge in [0.25, 0.3) is 0 Å². The molecule has 1 aromatic heterocycles. The molecular formula is C19H14F3N3O3S. The first-order chi connectivity index (χ1) is 13.7. The highest BCUT2D eigenvalue weighted by atomic mass is 32.2. The summed E-state index contributed by atoms with van der Waals surface area (Å²) in [5.41, 5.74) is 0.941. The number of anilines is 2. The highest BCUT2D eigenvalue weighted by Gasteiger charge is 2.34. The van der Waals surface area contributed by atoms with E-state index >= 15 is 0 Å². The Balaban J connectivity index is 1.45. The van der Waals surface area contributed by atoms with Crippen LogP contribution in [0, 0.1) is 6.92 Å². The van der Waals surface area contributed by atoms with Crippen LogP contribution in [-0.2, 0) is 15.8 Å². The lowest BCUT2D eigenvalue weighted by atomic mass is 10.1. The average molecular weight is 421 g/mol. The van der Waals surface area contributed by atoms with Crippen molar-refractivity contribution in [2.45, 2.75) is 29.7 Å². The van der Waals surface area contributed by atoms with E-state index in [1.54, 1.807) is 25.1 Å². The van der Waals surface area contributed by atoms with Crippen LogP contribution >= 0.6 is 11.8 Å². The fourth-order valence-corrected chi connectivity index (χ4v) is 4.05. The summed E-state index contributed by atoms with van der Waals surface area (Å²) in [6, 6.07) is 8.16. The average Bonchev–Trinajstić information content (AvgIpc) is 3.00. The van der Waals surface area contributed by atoms with Gasteiger partial charge in [0.15, 0.2) is 11.5 Å². The van der Waals surface area contributed by atoms with Gasteiger partial charge in [0.1, 0.15) is 5.52 Å². The minimum absolute atomic E-state index is 0.0950. The van der Waals surface area contributed by atoms with Crippen molar-refractivity contribution in [3.8, 4) is 0 Å². The molecular weight excluding hydrogens is 407 g/mol. The molecule has 6 nitrogen and oxygen atoms in total. The van der Waals surface area contributed by atoms with Crippen molar-refractivity contribution in [2.75, 3.05) is 10.6 Å². The number of aromatic nitrogens is 1. The molecule has 0 unspecified atom stereocenters. The van der Waals surface area contributed by atoms with Gasteiger partial charge in [-0.25, -0.2) is 4.98 Å². The smallest absolute Gasteiger partial charge is 0.416 e. The summed E-state index contributed by atoms with van der Waals surface area (Å²) < 4.78 is 43.9. The van der Waals surface area contributed by atoms with Crippen molar-refractivity contribution >= 4 is 46.1 Å². The molecule has 150 valence electrons. The van der Waals surface area contributed by atoms with Crippen molar-refractivity contribution in [2.24, 2.45) is 0 Å². The molecule has 1 aliphatic rings. The Morgan fingerprint density at radius 2 is 2.07 bits per heavy atom.